The molecule has 168 valence electrons. The van der Waals surface area contributed by atoms with E-state index in [2.05, 4.69) is 15.2 Å². The van der Waals surface area contributed by atoms with Gasteiger partial charge in [0.15, 0.2) is 11.6 Å². The van der Waals surface area contributed by atoms with Crippen molar-refractivity contribution in [1.29, 1.82) is 0 Å². The normalized spacial score (nSPS) is 15.7. The monoisotopic (exact) mass is 456 g/mol. The molecule has 1 aliphatic heterocycles. The highest BCUT2D eigenvalue weighted by molar-refractivity contribution is 7.17. The maximum atomic E-state index is 14.4. The Kier molecular flexibility index (Phi) is 4.92. The van der Waals surface area contributed by atoms with Crippen LogP contribution in [0.25, 0.3) is 27.3 Å². The smallest absolute Gasteiger partial charge is 0.410 e. The summed E-state index contributed by atoms with van der Waals surface area (Å²) in [6, 6.07) is 3.29. The third-order valence-electron chi connectivity index (χ3n) is 5.54. The number of hydrogen-bond acceptors (Lipinski definition) is 6. The van der Waals surface area contributed by atoms with Crippen LogP contribution in [0, 0.1) is 5.82 Å². The molecule has 1 fully saturated rings. The number of hydrogen-bond donors (Lipinski definition) is 0. The maximum absolute atomic E-state index is 14.4. The van der Waals surface area contributed by atoms with Crippen LogP contribution in [0.4, 0.5) is 9.18 Å². The number of nitrogens with zero attached hydrogens (tertiary/aromatic N) is 6. The fourth-order valence-electron chi connectivity index (χ4n) is 4.04. The van der Waals surface area contributed by atoms with Crippen LogP contribution in [-0.4, -0.2) is 54.1 Å². The lowest BCUT2D eigenvalue weighted by atomic mass is 9.96. The van der Waals surface area contributed by atoms with E-state index < -0.39 is 5.60 Å². The van der Waals surface area contributed by atoms with Crippen molar-refractivity contribution in [2.75, 3.05) is 13.1 Å². The average Bonchev–Trinajstić information content (AvgIpc) is 3.39. The first-order valence-corrected chi connectivity index (χ1v) is 11.5. The Bertz CT molecular complexity index is 1280. The van der Waals surface area contributed by atoms with E-state index >= 15 is 0 Å². The summed E-state index contributed by atoms with van der Waals surface area (Å²) in [7, 11) is 1.77. The Morgan fingerprint density at radius 2 is 1.94 bits per heavy atom. The lowest BCUT2D eigenvalue weighted by Gasteiger charge is -2.33. The highest BCUT2D eigenvalue weighted by atomic mass is 32.1. The predicted octanol–water partition coefficient (Wildman–Crippen LogP) is 4.60. The molecule has 4 heterocycles. The molecule has 1 saturated heterocycles. The van der Waals surface area contributed by atoms with Crippen LogP contribution in [-0.2, 0) is 11.8 Å². The summed E-state index contributed by atoms with van der Waals surface area (Å²) in [6.45, 7) is 6.97. The number of benzene rings is 1. The van der Waals surface area contributed by atoms with Gasteiger partial charge in [0.25, 0.3) is 0 Å². The summed E-state index contributed by atoms with van der Waals surface area (Å²) in [5.74, 6) is 0.468. The van der Waals surface area contributed by atoms with E-state index in [9.17, 15) is 9.18 Å². The summed E-state index contributed by atoms with van der Waals surface area (Å²) in [4.78, 5) is 20.7. The number of halogens is 1. The molecule has 1 aliphatic rings. The van der Waals surface area contributed by atoms with Gasteiger partial charge in [-0.1, -0.05) is 11.3 Å². The summed E-state index contributed by atoms with van der Waals surface area (Å²) >= 11 is 1.60. The van der Waals surface area contributed by atoms with Crippen LogP contribution in [0.1, 0.15) is 44.4 Å². The molecule has 4 aromatic rings. The van der Waals surface area contributed by atoms with Gasteiger partial charge < -0.3 is 9.64 Å². The number of piperidine rings is 1. The van der Waals surface area contributed by atoms with Crippen molar-refractivity contribution < 1.29 is 13.9 Å². The standard InChI is InChI=1S/C22H25FN6O2S/c1-22(2,3)31-21(30)28-7-5-13(6-8-28)17-12-29-20(32-17)24-19(26-29)14-9-15-11-27(4)25-18(15)16(23)10-14/h9-13H,5-8H2,1-4H3. The molecule has 0 radical (unpaired) electrons. The highest BCUT2D eigenvalue weighted by Gasteiger charge is 2.28. The van der Waals surface area contributed by atoms with E-state index in [1.807, 2.05) is 33.0 Å². The number of amides is 1. The van der Waals surface area contributed by atoms with Gasteiger partial charge in [-0.25, -0.2) is 13.7 Å². The molecule has 0 saturated carbocycles. The molecule has 1 aromatic carbocycles. The third kappa shape index (κ3) is 3.94. The zero-order chi connectivity index (χ0) is 22.6. The lowest BCUT2D eigenvalue weighted by molar-refractivity contribution is 0.0205. The molecule has 0 N–H and O–H groups in total. The number of ether oxygens (including phenoxy) is 1. The van der Waals surface area contributed by atoms with Crippen LogP contribution >= 0.6 is 11.3 Å². The largest absolute Gasteiger partial charge is 0.444 e. The van der Waals surface area contributed by atoms with Crippen LogP contribution in [0.2, 0.25) is 0 Å². The Labute approximate surface area is 188 Å². The second-order valence-electron chi connectivity index (χ2n) is 9.24. The van der Waals surface area contributed by atoms with Crippen molar-refractivity contribution in [2.24, 2.45) is 7.05 Å². The molecule has 1 amide bonds. The molecule has 5 rings (SSSR count). The van der Waals surface area contributed by atoms with Crippen molar-refractivity contribution in [3.8, 4) is 11.4 Å². The quantitative estimate of drug-likeness (QED) is 0.441. The van der Waals surface area contributed by atoms with E-state index in [4.69, 9.17) is 4.74 Å². The highest BCUT2D eigenvalue weighted by Crippen LogP contribution is 2.34. The molecule has 0 aliphatic carbocycles. The topological polar surface area (TPSA) is 77.5 Å². The van der Waals surface area contributed by atoms with Crippen molar-refractivity contribution >= 4 is 33.3 Å². The summed E-state index contributed by atoms with van der Waals surface area (Å²) in [5.41, 5.74) is 0.490. The Hall–Kier alpha value is -3.01. The van der Waals surface area contributed by atoms with Gasteiger partial charge in [-0.2, -0.15) is 10.1 Å². The fraction of sp³-hybridized carbons (Fsp3) is 0.455. The van der Waals surface area contributed by atoms with Crippen LogP contribution < -0.4 is 0 Å². The van der Waals surface area contributed by atoms with Crippen molar-refractivity contribution in [3.63, 3.8) is 0 Å². The Morgan fingerprint density at radius 3 is 2.62 bits per heavy atom. The summed E-state index contributed by atoms with van der Waals surface area (Å²) < 4.78 is 23.3. The number of aromatic nitrogens is 5. The molecular weight excluding hydrogens is 431 g/mol. The number of aryl methyl sites for hydroxylation is 1. The maximum Gasteiger partial charge on any atom is 0.410 e. The minimum Gasteiger partial charge on any atom is -0.444 e. The number of carbonyl (C=O) groups is 1. The molecule has 8 nitrogen and oxygen atoms in total. The van der Waals surface area contributed by atoms with Crippen molar-refractivity contribution in [1.82, 2.24) is 29.3 Å². The fourth-order valence-corrected chi connectivity index (χ4v) is 5.13. The number of carbonyl (C=O) groups excluding carboxylic acids is 1. The van der Waals surface area contributed by atoms with Gasteiger partial charge in [0.2, 0.25) is 4.96 Å². The first-order chi connectivity index (χ1) is 15.2. The first kappa shape index (κ1) is 20.9. The lowest BCUT2D eigenvalue weighted by Crippen LogP contribution is -2.41. The van der Waals surface area contributed by atoms with Gasteiger partial charge in [-0.3, -0.25) is 4.68 Å². The first-order valence-electron chi connectivity index (χ1n) is 10.6. The van der Waals surface area contributed by atoms with Gasteiger partial charge in [0.05, 0.1) is 0 Å². The predicted molar refractivity (Wildman–Crippen MR) is 120 cm³/mol. The summed E-state index contributed by atoms with van der Waals surface area (Å²) in [5, 5.41) is 9.44. The molecule has 0 atom stereocenters. The van der Waals surface area contributed by atoms with Crippen molar-refractivity contribution in [2.45, 2.75) is 45.1 Å². The number of fused-ring (bicyclic) bond motifs is 2. The van der Waals surface area contributed by atoms with Crippen LogP contribution in [0.3, 0.4) is 0 Å². The second kappa shape index (κ2) is 7.54. The molecule has 0 unspecified atom stereocenters. The van der Waals surface area contributed by atoms with Gasteiger partial charge in [-0.15, -0.1) is 5.10 Å². The van der Waals surface area contributed by atoms with Gasteiger partial charge in [-0.05, 0) is 51.7 Å². The SMILES string of the molecule is Cn1cc2cc(-c3nc4sc(C5CCN(C(=O)OC(C)(C)C)CC5)cn4n3)cc(F)c2n1. The van der Waals surface area contributed by atoms with Gasteiger partial charge >= 0.3 is 6.09 Å². The Morgan fingerprint density at radius 1 is 1.19 bits per heavy atom. The molecule has 32 heavy (non-hydrogen) atoms. The number of rotatable bonds is 2. The average molecular weight is 457 g/mol. The van der Waals surface area contributed by atoms with E-state index in [0.29, 0.717) is 35.9 Å². The molecular formula is C22H25FN6O2S. The minimum absolute atomic E-state index is 0.249. The van der Waals surface area contributed by atoms with Gasteiger partial charge in [0, 0.05) is 48.4 Å². The minimum atomic E-state index is -0.485. The van der Waals surface area contributed by atoms with E-state index in [1.165, 1.54) is 10.9 Å². The van der Waals surface area contributed by atoms with E-state index in [1.54, 1.807) is 38.7 Å². The van der Waals surface area contributed by atoms with Crippen molar-refractivity contribution in [3.05, 3.63) is 35.2 Å². The Balaban J connectivity index is 1.31. The summed E-state index contributed by atoms with van der Waals surface area (Å²) in [6.07, 6.45) is 5.28. The van der Waals surface area contributed by atoms with Gasteiger partial charge in [0.1, 0.15) is 11.1 Å². The molecule has 3 aromatic heterocycles. The molecule has 0 bridgehead atoms. The zero-order valence-electron chi connectivity index (χ0n) is 18.5. The number of thiazole rings is 1. The van der Waals surface area contributed by atoms with Crippen LogP contribution in [0.15, 0.2) is 24.5 Å². The number of likely N-dealkylation sites (tertiary alicyclic amines) is 1. The molecule has 0 spiro atoms. The second-order valence-corrected chi connectivity index (χ2v) is 10.3. The molecule has 10 heteroatoms. The van der Waals surface area contributed by atoms with Crippen LogP contribution in [0.5, 0.6) is 0 Å². The van der Waals surface area contributed by atoms with E-state index in [-0.39, 0.29) is 11.9 Å². The third-order valence-corrected chi connectivity index (χ3v) is 6.68. The van der Waals surface area contributed by atoms with E-state index in [0.717, 1.165) is 23.2 Å². The zero-order valence-corrected chi connectivity index (χ0v) is 19.3.